The zero-order valence-electron chi connectivity index (χ0n) is 29.8. The van der Waals surface area contributed by atoms with Crippen LogP contribution in [0.3, 0.4) is 0 Å². The summed E-state index contributed by atoms with van der Waals surface area (Å²) in [6.45, 7) is 11.7. The van der Waals surface area contributed by atoms with Crippen molar-refractivity contribution in [2.45, 2.75) is 45.4 Å². The molecule has 51 heavy (non-hydrogen) atoms. The highest BCUT2D eigenvalue weighted by molar-refractivity contribution is 6.27. The first-order valence-electron chi connectivity index (χ1n) is 18.3. The smallest absolute Gasteiger partial charge is 0.0159 e. The van der Waals surface area contributed by atoms with E-state index >= 15 is 0 Å². The zero-order valence-corrected chi connectivity index (χ0v) is 29.8. The summed E-state index contributed by atoms with van der Waals surface area (Å²) in [4.78, 5) is 0. The summed E-state index contributed by atoms with van der Waals surface area (Å²) in [7, 11) is 0. The lowest BCUT2D eigenvalue weighted by Gasteiger charge is -2.23. The van der Waals surface area contributed by atoms with Gasteiger partial charge < -0.3 is 0 Å². The second kappa shape index (κ2) is 9.74. The Balaban J connectivity index is 1.05. The minimum Gasteiger partial charge on any atom is -0.0610 e. The lowest BCUT2D eigenvalue weighted by molar-refractivity contribution is 0.591. The summed E-state index contributed by atoms with van der Waals surface area (Å²) in [6, 6.07) is 53.6. The molecule has 0 nitrogen and oxygen atoms in total. The van der Waals surface area contributed by atoms with E-state index in [1.165, 1.54) is 115 Å². The molecule has 1 aliphatic rings. The van der Waals surface area contributed by atoms with Crippen molar-refractivity contribution in [1.82, 2.24) is 0 Å². The molecule has 242 valence electrons. The number of hydrogen-bond acceptors (Lipinski definition) is 0. The molecule has 0 fully saturated rings. The van der Waals surface area contributed by atoms with Crippen molar-refractivity contribution in [3.63, 3.8) is 0 Å². The fourth-order valence-electron chi connectivity index (χ4n) is 9.56. The SMILES string of the molecule is CC(C)(C)c1cc2ccc3ccc(-c4ccc5c(c4)C(C)(C)c4cc(-c6ccc7ccc8cccc9ccc6c7c89)ccc4-5)c4ccc(c1)c2c34. The predicted molar refractivity (Wildman–Crippen MR) is 221 cm³/mol. The highest BCUT2D eigenvalue weighted by Crippen LogP contribution is 2.52. The second-order valence-electron chi connectivity index (χ2n) is 16.6. The van der Waals surface area contributed by atoms with E-state index in [2.05, 4.69) is 174 Å². The molecule has 0 atom stereocenters. The van der Waals surface area contributed by atoms with Crippen molar-refractivity contribution >= 4 is 64.6 Å². The molecule has 0 radical (unpaired) electrons. The first-order valence-corrected chi connectivity index (χ1v) is 18.3. The molecule has 10 aromatic carbocycles. The third kappa shape index (κ3) is 3.91. The molecule has 0 spiro atoms. The quantitative estimate of drug-likeness (QED) is 0.163. The van der Waals surface area contributed by atoms with Crippen molar-refractivity contribution in [3.8, 4) is 33.4 Å². The minimum absolute atomic E-state index is 0.104. The molecule has 0 aliphatic heterocycles. The molecule has 0 unspecified atom stereocenters. The van der Waals surface area contributed by atoms with E-state index in [0.717, 1.165) is 0 Å². The van der Waals surface area contributed by atoms with Crippen LogP contribution in [0.15, 0.2) is 140 Å². The molecule has 0 saturated heterocycles. The third-order valence-electron chi connectivity index (χ3n) is 12.3. The Bertz CT molecular complexity index is 3040. The fraction of sp³-hybridized carbons (Fsp3) is 0.137. The molecule has 11 rings (SSSR count). The number of fused-ring (bicyclic) bond motifs is 3. The van der Waals surface area contributed by atoms with E-state index in [9.17, 15) is 0 Å². The van der Waals surface area contributed by atoms with Crippen molar-refractivity contribution in [2.24, 2.45) is 0 Å². The van der Waals surface area contributed by atoms with Crippen molar-refractivity contribution < 1.29 is 0 Å². The zero-order chi connectivity index (χ0) is 34.4. The van der Waals surface area contributed by atoms with Crippen molar-refractivity contribution in [2.75, 3.05) is 0 Å². The first-order chi connectivity index (χ1) is 24.6. The topological polar surface area (TPSA) is 0 Å². The Hall–Kier alpha value is -5.72. The fourth-order valence-corrected chi connectivity index (χ4v) is 9.56. The van der Waals surface area contributed by atoms with E-state index in [1.54, 1.807) is 0 Å². The maximum atomic E-state index is 2.48. The number of hydrogen-bond donors (Lipinski definition) is 0. The molecule has 0 aromatic heterocycles. The molecule has 0 amide bonds. The Morgan fingerprint density at radius 3 is 1.27 bits per heavy atom. The minimum atomic E-state index is -0.131. The summed E-state index contributed by atoms with van der Waals surface area (Å²) in [5.74, 6) is 0. The van der Waals surface area contributed by atoms with Crippen molar-refractivity contribution in [3.05, 3.63) is 156 Å². The van der Waals surface area contributed by atoms with Gasteiger partial charge in [-0.1, -0.05) is 162 Å². The molecule has 0 heterocycles. The summed E-state index contributed by atoms with van der Waals surface area (Å²) in [5.41, 5.74) is 12.1. The molecule has 0 N–H and O–H groups in total. The molecular weight excluding hydrogens is 613 g/mol. The van der Waals surface area contributed by atoms with Crippen LogP contribution >= 0.6 is 0 Å². The average molecular weight is 651 g/mol. The predicted octanol–water partition coefficient (Wildman–Crippen LogP) is 14.4. The Kier molecular flexibility index (Phi) is 5.55. The van der Waals surface area contributed by atoms with E-state index < -0.39 is 0 Å². The van der Waals surface area contributed by atoms with Gasteiger partial charge in [0.15, 0.2) is 0 Å². The lowest BCUT2D eigenvalue weighted by atomic mass is 9.80. The molecule has 1 aliphatic carbocycles. The molecule has 0 saturated carbocycles. The van der Waals surface area contributed by atoms with Gasteiger partial charge in [0.1, 0.15) is 0 Å². The van der Waals surface area contributed by atoms with Gasteiger partial charge in [-0.15, -0.1) is 0 Å². The summed E-state index contributed by atoms with van der Waals surface area (Å²) >= 11 is 0. The van der Waals surface area contributed by atoms with Gasteiger partial charge in [0.2, 0.25) is 0 Å². The van der Waals surface area contributed by atoms with E-state index in [1.807, 2.05) is 0 Å². The Morgan fingerprint density at radius 2 is 0.765 bits per heavy atom. The van der Waals surface area contributed by atoms with Gasteiger partial charge in [0.05, 0.1) is 0 Å². The van der Waals surface area contributed by atoms with Gasteiger partial charge in [-0.25, -0.2) is 0 Å². The van der Waals surface area contributed by atoms with Crippen molar-refractivity contribution in [1.29, 1.82) is 0 Å². The Morgan fingerprint density at radius 1 is 0.373 bits per heavy atom. The van der Waals surface area contributed by atoms with Crippen LogP contribution in [0.5, 0.6) is 0 Å². The first kappa shape index (κ1) is 29.1. The lowest BCUT2D eigenvalue weighted by Crippen LogP contribution is -2.15. The standard InChI is InChI=1S/C51H38/c1-50(2,3)37-25-35-12-11-32-14-20-39(43-24-18-36(26-37)47(35)49(32)43)34-17-22-41-40-21-16-33(27-44(40)51(4,5)45(41)28-34)38-19-13-31-10-9-29-7-6-8-30-15-23-42(38)48(31)46(29)30/h6-28H,1-5H3. The van der Waals surface area contributed by atoms with E-state index in [4.69, 9.17) is 0 Å². The monoisotopic (exact) mass is 650 g/mol. The average Bonchev–Trinajstić information content (AvgIpc) is 3.37. The normalized spacial score (nSPS) is 14.1. The Labute approximate surface area is 298 Å². The van der Waals surface area contributed by atoms with Crippen LogP contribution in [0.25, 0.3) is 98.0 Å². The molecular formula is C51H38. The van der Waals surface area contributed by atoms with Crippen LogP contribution in [0, 0.1) is 0 Å². The number of benzene rings is 10. The maximum Gasteiger partial charge on any atom is 0.0159 e. The summed E-state index contributed by atoms with van der Waals surface area (Å²) in [5, 5.41) is 16.1. The van der Waals surface area contributed by atoms with Crippen LogP contribution in [-0.2, 0) is 10.8 Å². The van der Waals surface area contributed by atoms with E-state index in [-0.39, 0.29) is 10.8 Å². The van der Waals surface area contributed by atoms with Gasteiger partial charge in [-0.3, -0.25) is 0 Å². The molecule has 10 aromatic rings. The highest BCUT2D eigenvalue weighted by Gasteiger charge is 2.36. The summed E-state index contributed by atoms with van der Waals surface area (Å²) in [6.07, 6.45) is 0. The van der Waals surface area contributed by atoms with Gasteiger partial charge in [-0.2, -0.15) is 0 Å². The van der Waals surface area contributed by atoms with Gasteiger partial charge in [0.25, 0.3) is 0 Å². The van der Waals surface area contributed by atoms with E-state index in [0.29, 0.717) is 0 Å². The van der Waals surface area contributed by atoms with Crippen LogP contribution in [0.2, 0.25) is 0 Å². The highest BCUT2D eigenvalue weighted by atomic mass is 14.4. The third-order valence-corrected chi connectivity index (χ3v) is 12.3. The van der Waals surface area contributed by atoms with Crippen LogP contribution in [-0.4, -0.2) is 0 Å². The van der Waals surface area contributed by atoms with Gasteiger partial charge in [0, 0.05) is 5.41 Å². The second-order valence-corrected chi connectivity index (χ2v) is 16.6. The summed E-state index contributed by atoms with van der Waals surface area (Å²) < 4.78 is 0. The molecule has 0 heteroatoms. The number of rotatable bonds is 2. The maximum absolute atomic E-state index is 2.48. The van der Waals surface area contributed by atoms with Crippen LogP contribution in [0.1, 0.15) is 51.3 Å². The van der Waals surface area contributed by atoms with Gasteiger partial charge in [-0.05, 0) is 132 Å². The largest absolute Gasteiger partial charge is 0.0610 e. The van der Waals surface area contributed by atoms with Crippen LogP contribution < -0.4 is 0 Å². The molecule has 0 bridgehead atoms. The van der Waals surface area contributed by atoms with Gasteiger partial charge >= 0.3 is 0 Å². The van der Waals surface area contributed by atoms with Crippen LogP contribution in [0.4, 0.5) is 0 Å².